The molecule has 0 saturated heterocycles. The van der Waals surface area contributed by atoms with Gasteiger partial charge in [0.15, 0.2) is 0 Å². The molecule has 8 nitrogen and oxygen atoms in total. The van der Waals surface area contributed by atoms with Crippen LogP contribution in [0.3, 0.4) is 0 Å². The Hall–Kier alpha value is -3.07. The minimum absolute atomic E-state index is 0.0000403. The van der Waals surface area contributed by atoms with Gasteiger partial charge in [-0.2, -0.15) is 0 Å². The van der Waals surface area contributed by atoms with E-state index in [-0.39, 0.29) is 43.8 Å². The lowest BCUT2D eigenvalue weighted by atomic mass is 10.1. The lowest BCUT2D eigenvalue weighted by Crippen LogP contribution is -2.49. The van der Waals surface area contributed by atoms with Crippen molar-refractivity contribution in [3.05, 3.63) is 59.7 Å². The van der Waals surface area contributed by atoms with Gasteiger partial charge >= 0.3 is 0 Å². The summed E-state index contributed by atoms with van der Waals surface area (Å²) in [4.78, 5) is 27.8. The Morgan fingerprint density at radius 2 is 1.78 bits per heavy atom. The molecule has 0 aliphatic heterocycles. The van der Waals surface area contributed by atoms with E-state index in [0.29, 0.717) is 11.4 Å². The van der Waals surface area contributed by atoms with Gasteiger partial charge in [-0.3, -0.25) is 13.9 Å². The van der Waals surface area contributed by atoms with E-state index in [2.05, 4.69) is 5.32 Å². The molecule has 2 amide bonds. The molecule has 2 aromatic carbocycles. The summed E-state index contributed by atoms with van der Waals surface area (Å²) in [6.45, 7) is 8.01. The Morgan fingerprint density at radius 3 is 2.39 bits per heavy atom. The first-order valence-corrected chi connectivity index (χ1v) is 14.1. The van der Waals surface area contributed by atoms with Crippen molar-refractivity contribution in [2.24, 2.45) is 0 Å². The fourth-order valence-corrected chi connectivity index (χ4v) is 4.84. The summed E-state index contributed by atoms with van der Waals surface area (Å²) >= 11 is 0. The summed E-state index contributed by atoms with van der Waals surface area (Å²) in [6, 6.07) is 14.0. The fraction of sp³-hybridized carbons (Fsp3) is 0.481. The number of nitrogens with zero attached hydrogens (tertiary/aromatic N) is 2. The Morgan fingerprint density at radius 1 is 1.08 bits per heavy atom. The number of anilines is 1. The smallest absolute Gasteiger partial charge is 0.242 e. The normalized spacial score (nSPS) is 12.9. The SMILES string of the molecule is CC[C@@H](C)NC(=O)[C@H](C)N(Cc1cccc(C)c1)C(=O)CCCN(c1ccccc1OC)S(C)(=O)=O. The predicted molar refractivity (Wildman–Crippen MR) is 144 cm³/mol. The van der Waals surface area contributed by atoms with Gasteiger partial charge in [-0.1, -0.05) is 48.9 Å². The van der Waals surface area contributed by atoms with Crippen LogP contribution in [0.2, 0.25) is 0 Å². The molecule has 0 bridgehead atoms. The van der Waals surface area contributed by atoms with Gasteiger partial charge in [0.25, 0.3) is 0 Å². The van der Waals surface area contributed by atoms with Gasteiger partial charge < -0.3 is 15.0 Å². The van der Waals surface area contributed by atoms with Crippen molar-refractivity contribution in [3.63, 3.8) is 0 Å². The topological polar surface area (TPSA) is 96.0 Å². The number of benzene rings is 2. The highest BCUT2D eigenvalue weighted by molar-refractivity contribution is 7.92. The largest absolute Gasteiger partial charge is 0.495 e. The third-order valence-corrected chi connectivity index (χ3v) is 7.29. The first kappa shape index (κ1) is 29.2. The molecule has 0 spiro atoms. The van der Waals surface area contributed by atoms with Gasteiger partial charge in [0.1, 0.15) is 11.8 Å². The number of carbonyl (C=O) groups excluding carboxylic acids is 2. The number of amides is 2. The Labute approximate surface area is 215 Å². The monoisotopic (exact) mass is 517 g/mol. The summed E-state index contributed by atoms with van der Waals surface area (Å²) < 4.78 is 31.7. The summed E-state index contributed by atoms with van der Waals surface area (Å²) in [5, 5.41) is 2.96. The van der Waals surface area contributed by atoms with E-state index in [1.807, 2.05) is 45.0 Å². The van der Waals surface area contributed by atoms with Gasteiger partial charge in [0.2, 0.25) is 21.8 Å². The summed E-state index contributed by atoms with van der Waals surface area (Å²) in [7, 11) is -2.12. The van der Waals surface area contributed by atoms with Crippen molar-refractivity contribution in [3.8, 4) is 5.75 Å². The second-order valence-electron chi connectivity index (χ2n) is 9.12. The van der Waals surface area contributed by atoms with Gasteiger partial charge in [0, 0.05) is 25.6 Å². The van der Waals surface area contributed by atoms with Crippen LogP contribution in [0, 0.1) is 6.92 Å². The number of para-hydroxylation sites is 2. The number of aryl methyl sites for hydroxylation is 1. The number of hydrogen-bond acceptors (Lipinski definition) is 5. The number of methoxy groups -OCH3 is 1. The van der Waals surface area contributed by atoms with E-state index in [4.69, 9.17) is 4.74 Å². The molecule has 0 aliphatic carbocycles. The summed E-state index contributed by atoms with van der Waals surface area (Å²) in [6.07, 6.45) is 2.29. The molecule has 2 atom stereocenters. The van der Waals surface area contributed by atoms with Gasteiger partial charge in [-0.15, -0.1) is 0 Å². The second kappa shape index (κ2) is 13.3. The molecule has 2 rings (SSSR count). The molecular formula is C27H39N3O5S. The summed E-state index contributed by atoms with van der Waals surface area (Å²) in [5.41, 5.74) is 2.42. The standard InChI is InChI=1S/C27H39N3O5S/c1-7-21(3)28-27(32)22(4)29(19-23-13-10-12-20(2)18-23)26(31)16-11-17-30(36(6,33)34)24-14-8-9-15-25(24)35-5/h8-10,12-15,18,21-22H,7,11,16-17,19H2,1-6H3,(H,28,32)/t21-,22+/m1/s1. The van der Waals surface area contributed by atoms with Crippen molar-refractivity contribution in [1.82, 2.24) is 10.2 Å². The number of carbonyl (C=O) groups is 2. The van der Waals surface area contributed by atoms with Crippen LogP contribution >= 0.6 is 0 Å². The maximum Gasteiger partial charge on any atom is 0.242 e. The molecule has 0 aliphatic rings. The Kier molecular flexibility index (Phi) is 10.8. The van der Waals surface area contributed by atoms with E-state index in [0.717, 1.165) is 23.8 Å². The third-order valence-electron chi connectivity index (χ3n) is 6.11. The zero-order chi connectivity index (χ0) is 26.9. The van der Waals surface area contributed by atoms with Crippen molar-refractivity contribution in [2.45, 2.75) is 65.6 Å². The maximum atomic E-state index is 13.4. The number of ether oxygens (including phenoxy) is 1. The molecule has 2 aromatic rings. The number of nitrogens with one attached hydrogen (secondary N) is 1. The first-order valence-electron chi connectivity index (χ1n) is 12.2. The average molecular weight is 518 g/mol. The van der Waals surface area contributed by atoms with Crippen LogP contribution in [0.1, 0.15) is 51.2 Å². The molecule has 0 fully saturated rings. The van der Waals surface area contributed by atoms with E-state index in [9.17, 15) is 18.0 Å². The lowest BCUT2D eigenvalue weighted by molar-refractivity contribution is -0.140. The Balaban J connectivity index is 2.20. The van der Waals surface area contributed by atoms with E-state index in [1.54, 1.807) is 36.1 Å². The van der Waals surface area contributed by atoms with Crippen LogP contribution in [-0.2, 0) is 26.2 Å². The zero-order valence-corrected chi connectivity index (χ0v) is 23.0. The minimum Gasteiger partial charge on any atom is -0.495 e. The zero-order valence-electron chi connectivity index (χ0n) is 22.2. The van der Waals surface area contributed by atoms with Crippen LogP contribution in [0.25, 0.3) is 0 Å². The maximum absolute atomic E-state index is 13.4. The third kappa shape index (κ3) is 8.26. The number of rotatable bonds is 13. The molecular weight excluding hydrogens is 478 g/mol. The quantitative estimate of drug-likeness (QED) is 0.435. The van der Waals surface area contributed by atoms with Crippen LogP contribution in [0.4, 0.5) is 5.69 Å². The first-order chi connectivity index (χ1) is 17.0. The van der Waals surface area contributed by atoms with Crippen molar-refractivity contribution in [1.29, 1.82) is 0 Å². The number of hydrogen-bond donors (Lipinski definition) is 1. The molecule has 0 aromatic heterocycles. The second-order valence-corrected chi connectivity index (χ2v) is 11.0. The van der Waals surface area contributed by atoms with Gasteiger partial charge in [-0.05, 0) is 51.3 Å². The fourth-order valence-electron chi connectivity index (χ4n) is 3.87. The molecule has 9 heteroatoms. The van der Waals surface area contributed by atoms with Crippen molar-refractivity contribution >= 4 is 27.5 Å². The molecule has 198 valence electrons. The van der Waals surface area contributed by atoms with Crippen LogP contribution in [0.15, 0.2) is 48.5 Å². The number of sulfonamides is 1. The van der Waals surface area contributed by atoms with E-state index < -0.39 is 16.1 Å². The highest BCUT2D eigenvalue weighted by Gasteiger charge is 2.27. The lowest BCUT2D eigenvalue weighted by Gasteiger charge is -2.30. The Bertz CT molecular complexity index is 1140. The van der Waals surface area contributed by atoms with Crippen LogP contribution in [0.5, 0.6) is 5.75 Å². The molecule has 36 heavy (non-hydrogen) atoms. The molecule has 0 radical (unpaired) electrons. The summed E-state index contributed by atoms with van der Waals surface area (Å²) in [5.74, 6) is 0.0135. The van der Waals surface area contributed by atoms with Crippen LogP contribution < -0.4 is 14.4 Å². The molecule has 1 N–H and O–H groups in total. The van der Waals surface area contributed by atoms with Gasteiger partial charge in [-0.25, -0.2) is 8.42 Å². The van der Waals surface area contributed by atoms with Crippen LogP contribution in [-0.4, -0.2) is 57.1 Å². The molecule has 0 unspecified atom stereocenters. The molecule has 0 heterocycles. The van der Waals surface area contributed by atoms with E-state index in [1.165, 1.54) is 11.4 Å². The van der Waals surface area contributed by atoms with Crippen molar-refractivity contribution in [2.75, 3.05) is 24.2 Å². The predicted octanol–water partition coefficient (Wildman–Crippen LogP) is 3.88. The average Bonchev–Trinajstić information content (AvgIpc) is 2.83. The minimum atomic E-state index is -3.60. The van der Waals surface area contributed by atoms with Gasteiger partial charge in [0.05, 0.1) is 19.1 Å². The molecule has 0 saturated carbocycles. The van der Waals surface area contributed by atoms with Crippen molar-refractivity contribution < 1.29 is 22.7 Å². The highest BCUT2D eigenvalue weighted by atomic mass is 32.2. The van der Waals surface area contributed by atoms with E-state index >= 15 is 0 Å². The highest BCUT2D eigenvalue weighted by Crippen LogP contribution is 2.29.